The summed E-state index contributed by atoms with van der Waals surface area (Å²) in [4.78, 5) is 81.0. The molecule has 5 atom stereocenters. The van der Waals surface area contributed by atoms with Crippen molar-refractivity contribution < 1.29 is 33.9 Å². The number of carbonyl (C=O) groups is 6. The summed E-state index contributed by atoms with van der Waals surface area (Å²) >= 11 is 1.28. The average molecular weight is 645 g/mol. The monoisotopic (exact) mass is 644 g/mol. The number of carbonyl (C=O) groups excluding carboxylic acids is 6. The molecule has 45 heavy (non-hydrogen) atoms. The van der Waals surface area contributed by atoms with Crippen molar-refractivity contribution in [3.05, 3.63) is 40.4 Å². The van der Waals surface area contributed by atoms with E-state index in [-0.39, 0.29) is 24.5 Å². The average Bonchev–Trinajstić information content (AvgIpc) is 3.41. The predicted molar refractivity (Wildman–Crippen MR) is 166 cm³/mol. The Kier molecular flexibility index (Phi) is 11.8. The SMILES string of the molecule is CC(C)[C@@H]1Nc2ncc(s2)Cc2cc(ccc2O)C[C@@H](C(N)=O)NC(=O)[C@H](C)NC(=O)[C@H](C)NC(=O)[C@H](C)NC(=O)CNC1=O. The fourth-order valence-corrected chi connectivity index (χ4v) is 5.29. The van der Waals surface area contributed by atoms with E-state index in [1.165, 1.54) is 38.2 Å². The lowest BCUT2D eigenvalue weighted by molar-refractivity contribution is -0.133. The molecule has 0 saturated carbocycles. The van der Waals surface area contributed by atoms with E-state index in [0.29, 0.717) is 16.3 Å². The van der Waals surface area contributed by atoms with Crippen LogP contribution < -0.4 is 37.6 Å². The number of hydrogen-bond donors (Lipinski definition) is 8. The highest BCUT2D eigenvalue weighted by Crippen LogP contribution is 2.27. The van der Waals surface area contributed by atoms with Crippen LogP contribution in [-0.4, -0.2) is 82.3 Å². The van der Waals surface area contributed by atoms with Gasteiger partial charge in [-0.1, -0.05) is 26.0 Å². The smallest absolute Gasteiger partial charge is 0.243 e. The lowest BCUT2D eigenvalue weighted by Gasteiger charge is -2.22. The van der Waals surface area contributed by atoms with Crippen molar-refractivity contribution in [1.29, 1.82) is 0 Å². The van der Waals surface area contributed by atoms with Gasteiger partial charge in [0.1, 0.15) is 36.0 Å². The highest BCUT2D eigenvalue weighted by atomic mass is 32.1. The van der Waals surface area contributed by atoms with Gasteiger partial charge in [-0.3, -0.25) is 28.8 Å². The number of primary amides is 1. The summed E-state index contributed by atoms with van der Waals surface area (Å²) in [5, 5.41) is 26.6. The van der Waals surface area contributed by atoms with E-state index >= 15 is 0 Å². The van der Waals surface area contributed by atoms with Crippen LogP contribution in [-0.2, 0) is 41.6 Å². The Morgan fingerprint density at radius 3 is 2.11 bits per heavy atom. The molecular formula is C29H40N8O7S. The van der Waals surface area contributed by atoms with Crippen LogP contribution in [0.2, 0.25) is 0 Å². The molecule has 0 fully saturated rings. The molecule has 0 unspecified atom stereocenters. The zero-order valence-corrected chi connectivity index (χ0v) is 26.5. The number of fused-ring (bicyclic) bond motifs is 4. The lowest BCUT2D eigenvalue weighted by Crippen LogP contribution is -2.57. The van der Waals surface area contributed by atoms with Crippen molar-refractivity contribution in [1.82, 2.24) is 31.6 Å². The van der Waals surface area contributed by atoms with Crippen LogP contribution >= 0.6 is 11.3 Å². The fraction of sp³-hybridized carbons (Fsp3) is 0.483. The molecule has 0 spiro atoms. The summed E-state index contributed by atoms with van der Waals surface area (Å²) in [6, 6.07) is -0.282. The van der Waals surface area contributed by atoms with Crippen LogP contribution in [0.25, 0.3) is 0 Å². The first kappa shape index (κ1) is 34.8. The number of nitrogens with zero attached hydrogens (tertiary/aromatic N) is 1. The van der Waals surface area contributed by atoms with Crippen LogP contribution in [0.5, 0.6) is 5.75 Å². The molecule has 1 aromatic carbocycles. The number of nitrogens with two attached hydrogens (primary N) is 1. The Bertz CT molecular complexity index is 1450. The number of amides is 6. The molecule has 15 nitrogen and oxygen atoms in total. The molecule has 3 rings (SSSR count). The summed E-state index contributed by atoms with van der Waals surface area (Å²) in [6.07, 6.45) is 1.92. The molecule has 1 aliphatic heterocycles. The molecule has 0 aliphatic carbocycles. The number of aromatic nitrogens is 1. The van der Waals surface area contributed by atoms with Crippen molar-refractivity contribution in [2.24, 2.45) is 11.7 Å². The number of thiazole rings is 1. The third kappa shape index (κ3) is 9.89. The van der Waals surface area contributed by atoms with Crippen molar-refractivity contribution in [3.8, 4) is 5.75 Å². The number of anilines is 1. The van der Waals surface area contributed by atoms with Gasteiger partial charge in [-0.15, -0.1) is 11.3 Å². The Hall–Kier alpha value is -4.73. The van der Waals surface area contributed by atoms with E-state index in [1.54, 1.807) is 18.3 Å². The van der Waals surface area contributed by atoms with Crippen molar-refractivity contribution in [3.63, 3.8) is 0 Å². The van der Waals surface area contributed by atoms with Gasteiger partial charge in [0.05, 0.1) is 6.54 Å². The molecule has 0 saturated heterocycles. The molecule has 0 radical (unpaired) electrons. The highest BCUT2D eigenvalue weighted by molar-refractivity contribution is 7.15. The molecule has 244 valence electrons. The molecule has 6 amide bonds. The molecule has 1 aromatic heterocycles. The van der Waals surface area contributed by atoms with Crippen LogP contribution in [0.4, 0.5) is 5.13 Å². The van der Waals surface area contributed by atoms with Gasteiger partial charge in [0, 0.05) is 23.9 Å². The van der Waals surface area contributed by atoms with Crippen molar-refractivity contribution >= 4 is 51.9 Å². The maximum absolute atomic E-state index is 13.0. The van der Waals surface area contributed by atoms with Crippen LogP contribution in [0, 0.1) is 5.92 Å². The lowest BCUT2D eigenvalue weighted by atomic mass is 10.0. The summed E-state index contributed by atoms with van der Waals surface area (Å²) in [7, 11) is 0. The zero-order chi connectivity index (χ0) is 33.4. The number of hydrogen-bond acceptors (Lipinski definition) is 10. The second-order valence-electron chi connectivity index (χ2n) is 11.3. The number of rotatable bonds is 2. The van der Waals surface area contributed by atoms with E-state index < -0.39 is 72.2 Å². The first-order valence-electron chi connectivity index (χ1n) is 14.4. The number of aromatic hydroxyl groups is 1. The van der Waals surface area contributed by atoms with E-state index in [1.807, 2.05) is 13.8 Å². The molecule has 4 bridgehead atoms. The topological polar surface area (TPSA) is 234 Å². The minimum Gasteiger partial charge on any atom is -0.508 e. The number of phenolic OH excluding ortho intramolecular Hbond substituents is 1. The van der Waals surface area contributed by atoms with Gasteiger partial charge in [-0.2, -0.15) is 0 Å². The maximum Gasteiger partial charge on any atom is 0.243 e. The summed E-state index contributed by atoms with van der Waals surface area (Å²) in [5.41, 5.74) is 6.72. The minimum atomic E-state index is -1.12. The maximum atomic E-state index is 13.0. The van der Waals surface area contributed by atoms with Gasteiger partial charge in [-0.25, -0.2) is 4.98 Å². The largest absolute Gasteiger partial charge is 0.508 e. The summed E-state index contributed by atoms with van der Waals surface area (Å²) < 4.78 is 0. The molecule has 1 aliphatic rings. The van der Waals surface area contributed by atoms with Crippen LogP contribution in [0.15, 0.2) is 24.4 Å². The minimum absolute atomic E-state index is 0.0169. The number of phenols is 1. The predicted octanol–water partition coefficient (Wildman–Crippen LogP) is -0.967. The van der Waals surface area contributed by atoms with E-state index in [0.717, 1.165) is 4.88 Å². The molecule has 9 N–H and O–H groups in total. The van der Waals surface area contributed by atoms with Gasteiger partial charge < -0.3 is 42.7 Å². The third-order valence-corrected chi connectivity index (χ3v) is 8.02. The Labute approximate surface area is 264 Å². The van der Waals surface area contributed by atoms with E-state index in [2.05, 4.69) is 36.9 Å². The van der Waals surface area contributed by atoms with E-state index in [4.69, 9.17) is 5.73 Å². The van der Waals surface area contributed by atoms with Gasteiger partial charge in [-0.05, 0) is 43.9 Å². The standard InChI is InChI=1S/C29H40N8O7S/c1-13(2)23-28(44)31-12-22(39)33-14(3)25(41)34-15(4)26(42)35-16(5)27(43)36-20(24(30)40)9-17-6-7-21(38)18(8-17)10-19-11-32-29(37-23)45-19/h6-8,11,13-16,20,23,38H,9-10,12H2,1-5H3,(H2,30,40)(H,31,44)(H,32,37)(H,33,39)(H,34,41)(H,35,42)(H,36,43)/t14-,15-,16-,20-,23-/m0/s1. The Morgan fingerprint density at radius 2 is 1.51 bits per heavy atom. The number of nitrogens with one attached hydrogen (secondary N) is 6. The van der Waals surface area contributed by atoms with Gasteiger partial charge in [0.25, 0.3) is 0 Å². The first-order valence-corrected chi connectivity index (χ1v) is 15.3. The number of benzene rings is 1. The molecular weight excluding hydrogens is 604 g/mol. The second-order valence-corrected chi connectivity index (χ2v) is 12.4. The molecule has 2 aromatic rings. The van der Waals surface area contributed by atoms with Crippen LogP contribution in [0.3, 0.4) is 0 Å². The molecule has 16 heteroatoms. The summed E-state index contributed by atoms with van der Waals surface area (Å²) in [6.45, 7) is 7.50. The van der Waals surface area contributed by atoms with Gasteiger partial charge in [0.15, 0.2) is 5.13 Å². The highest BCUT2D eigenvalue weighted by Gasteiger charge is 2.28. The fourth-order valence-electron chi connectivity index (χ4n) is 4.42. The van der Waals surface area contributed by atoms with Crippen molar-refractivity contribution in [2.45, 2.75) is 77.7 Å². The van der Waals surface area contributed by atoms with E-state index in [9.17, 15) is 33.9 Å². The normalized spacial score (nSPS) is 24.5. The molecule has 2 heterocycles. The quantitative estimate of drug-likeness (QED) is 0.201. The van der Waals surface area contributed by atoms with Gasteiger partial charge >= 0.3 is 0 Å². The van der Waals surface area contributed by atoms with Crippen molar-refractivity contribution in [2.75, 3.05) is 11.9 Å². The third-order valence-electron chi connectivity index (χ3n) is 7.09. The van der Waals surface area contributed by atoms with Gasteiger partial charge in [0.2, 0.25) is 35.4 Å². The van der Waals surface area contributed by atoms with Crippen LogP contribution in [0.1, 0.15) is 50.6 Å². The zero-order valence-electron chi connectivity index (χ0n) is 25.7. The second kappa shape index (κ2) is 15.3. The summed E-state index contributed by atoms with van der Waals surface area (Å²) in [5.74, 6) is -4.05. The Morgan fingerprint density at radius 1 is 0.911 bits per heavy atom. The Balaban J connectivity index is 1.89. The first-order chi connectivity index (χ1) is 21.1.